The van der Waals surface area contributed by atoms with Crippen LogP contribution < -0.4 is 16.2 Å². The van der Waals surface area contributed by atoms with Crippen LogP contribution in [-0.2, 0) is 0 Å². The summed E-state index contributed by atoms with van der Waals surface area (Å²) in [5.41, 5.74) is 6.36. The molecule has 3 N–H and O–H groups in total. The van der Waals surface area contributed by atoms with Crippen LogP contribution in [0, 0.1) is 0 Å². The molecule has 0 amide bonds. The number of rotatable bonds is 4. The normalized spacial score (nSPS) is 9.38. The van der Waals surface area contributed by atoms with Crippen LogP contribution in [0.3, 0.4) is 0 Å². The highest BCUT2D eigenvalue weighted by atomic mass is 35.5. The van der Waals surface area contributed by atoms with Gasteiger partial charge in [-0.1, -0.05) is 29.3 Å². The second-order valence-electron chi connectivity index (χ2n) is 2.87. The maximum Gasteiger partial charge on any atom is 0.185 e. The third kappa shape index (κ3) is 4.26. The molecule has 0 atom stereocenters. The van der Waals surface area contributed by atoms with Gasteiger partial charge in [0.1, 0.15) is 0 Å². The lowest BCUT2D eigenvalue weighted by Gasteiger charge is -2.12. The number of benzene rings is 1. The van der Waals surface area contributed by atoms with Crippen LogP contribution in [0.25, 0.3) is 0 Å². The molecule has 0 saturated heterocycles. The number of hydrogen-bond donors (Lipinski definition) is 3. The van der Waals surface area contributed by atoms with Gasteiger partial charge < -0.3 is 5.32 Å². The van der Waals surface area contributed by atoms with Crippen molar-refractivity contribution in [3.05, 3.63) is 40.9 Å². The van der Waals surface area contributed by atoms with E-state index in [1.54, 1.807) is 24.3 Å². The Balaban J connectivity index is 2.48. The minimum absolute atomic E-state index is 0.464. The van der Waals surface area contributed by atoms with Crippen LogP contribution in [0.5, 0.6) is 0 Å². The Morgan fingerprint density at radius 1 is 1.44 bits per heavy atom. The Kier molecular flexibility index (Phi) is 5.38. The van der Waals surface area contributed by atoms with Crippen LogP contribution in [0.4, 0.5) is 5.69 Å². The first-order valence-corrected chi connectivity index (χ1v) is 5.65. The fraction of sp³-hybridized carbons (Fsp3) is 0.100. The summed E-state index contributed by atoms with van der Waals surface area (Å²) in [7, 11) is 0. The monoisotopic (exact) mass is 275 g/mol. The fourth-order valence-electron chi connectivity index (χ4n) is 0.924. The summed E-state index contributed by atoms with van der Waals surface area (Å²) in [6.45, 7) is 4.17. The van der Waals surface area contributed by atoms with Gasteiger partial charge in [0.25, 0.3) is 0 Å². The second-order valence-corrected chi connectivity index (χ2v) is 4.12. The molecule has 0 spiro atoms. The molecule has 86 valence electrons. The van der Waals surface area contributed by atoms with Crippen LogP contribution in [-0.4, -0.2) is 11.7 Å². The minimum atomic E-state index is 0.464. The van der Waals surface area contributed by atoms with E-state index in [2.05, 4.69) is 22.7 Å². The fourth-order valence-corrected chi connectivity index (χ4v) is 1.51. The summed E-state index contributed by atoms with van der Waals surface area (Å²) >= 11 is 16.7. The number of thiocarbonyl (C=S) groups is 1. The van der Waals surface area contributed by atoms with Crippen LogP contribution >= 0.6 is 35.4 Å². The van der Waals surface area contributed by atoms with Gasteiger partial charge in [-0.2, -0.15) is 0 Å². The molecule has 6 heteroatoms. The minimum Gasteiger partial charge on any atom is -0.358 e. The molecular weight excluding hydrogens is 265 g/mol. The smallest absolute Gasteiger partial charge is 0.185 e. The summed E-state index contributed by atoms with van der Waals surface area (Å²) in [5, 5.41) is 4.47. The molecule has 0 saturated carbocycles. The third-order valence-corrected chi connectivity index (χ3v) is 2.44. The zero-order valence-electron chi connectivity index (χ0n) is 8.39. The van der Waals surface area contributed by atoms with Gasteiger partial charge in [-0.3, -0.25) is 10.9 Å². The average molecular weight is 276 g/mol. The lowest BCUT2D eigenvalue weighted by Crippen LogP contribution is -2.38. The molecule has 0 aliphatic rings. The first-order chi connectivity index (χ1) is 7.63. The lowest BCUT2D eigenvalue weighted by molar-refractivity contribution is 0.979. The number of halogens is 2. The van der Waals surface area contributed by atoms with Gasteiger partial charge in [-0.25, -0.2) is 0 Å². The highest BCUT2D eigenvalue weighted by molar-refractivity contribution is 7.80. The van der Waals surface area contributed by atoms with Crippen molar-refractivity contribution in [2.45, 2.75) is 0 Å². The van der Waals surface area contributed by atoms with Gasteiger partial charge in [-0.05, 0) is 30.4 Å². The Morgan fingerprint density at radius 2 is 2.19 bits per heavy atom. The SMILES string of the molecule is C=CCNC(=S)NNc1ccc(Cl)cc1Cl. The molecule has 0 radical (unpaired) electrons. The van der Waals surface area contributed by atoms with Crippen LogP contribution in [0.1, 0.15) is 0 Å². The molecule has 16 heavy (non-hydrogen) atoms. The number of hydrogen-bond acceptors (Lipinski definition) is 2. The van der Waals surface area contributed by atoms with Crippen molar-refractivity contribution in [3.8, 4) is 0 Å². The summed E-state index contributed by atoms with van der Waals surface area (Å²) in [4.78, 5) is 0. The molecule has 0 aliphatic carbocycles. The van der Waals surface area contributed by atoms with Gasteiger partial charge in [0.15, 0.2) is 5.11 Å². The first-order valence-electron chi connectivity index (χ1n) is 4.49. The second kappa shape index (κ2) is 6.58. The van der Waals surface area contributed by atoms with Gasteiger partial charge in [0, 0.05) is 11.6 Å². The molecule has 0 unspecified atom stereocenters. The van der Waals surface area contributed by atoms with E-state index in [1.807, 2.05) is 0 Å². The molecular formula is C10H11Cl2N3S. The molecule has 1 aromatic rings. The number of hydrazine groups is 1. The Bertz CT molecular complexity index is 396. The molecule has 3 nitrogen and oxygen atoms in total. The standard InChI is InChI=1S/C10H11Cl2N3S/c1-2-5-13-10(16)15-14-9-4-3-7(11)6-8(9)12/h2-4,6,14H,1,5H2,(H2,13,15,16). The molecule has 0 aliphatic heterocycles. The van der Waals surface area contributed by atoms with Crippen molar-refractivity contribution in [3.63, 3.8) is 0 Å². The van der Waals surface area contributed by atoms with Gasteiger partial charge in [-0.15, -0.1) is 6.58 Å². The number of nitrogens with one attached hydrogen (secondary N) is 3. The highest BCUT2D eigenvalue weighted by Crippen LogP contribution is 2.24. The van der Waals surface area contributed by atoms with E-state index in [9.17, 15) is 0 Å². The van der Waals surface area contributed by atoms with Crippen molar-refractivity contribution in [2.75, 3.05) is 12.0 Å². The maximum atomic E-state index is 5.95. The first kappa shape index (κ1) is 13.1. The zero-order valence-corrected chi connectivity index (χ0v) is 10.7. The van der Waals surface area contributed by atoms with Gasteiger partial charge in [0.2, 0.25) is 0 Å². The summed E-state index contributed by atoms with van der Waals surface area (Å²) in [5.74, 6) is 0. The van der Waals surface area contributed by atoms with E-state index in [-0.39, 0.29) is 0 Å². The zero-order chi connectivity index (χ0) is 12.0. The van der Waals surface area contributed by atoms with Crippen LogP contribution in [0.2, 0.25) is 10.0 Å². The summed E-state index contributed by atoms with van der Waals surface area (Å²) < 4.78 is 0. The molecule has 0 heterocycles. The van der Waals surface area contributed by atoms with Gasteiger partial charge >= 0.3 is 0 Å². The Morgan fingerprint density at radius 3 is 2.81 bits per heavy atom. The van der Waals surface area contributed by atoms with E-state index < -0.39 is 0 Å². The van der Waals surface area contributed by atoms with E-state index in [1.165, 1.54) is 0 Å². The molecule has 0 bridgehead atoms. The van der Waals surface area contributed by atoms with Gasteiger partial charge in [0.05, 0.1) is 10.7 Å². The molecule has 0 fully saturated rings. The average Bonchev–Trinajstić information content (AvgIpc) is 2.25. The summed E-state index contributed by atoms with van der Waals surface area (Å²) in [6, 6.07) is 5.14. The molecule has 1 aromatic carbocycles. The quantitative estimate of drug-likeness (QED) is 0.449. The summed E-state index contributed by atoms with van der Waals surface area (Å²) in [6.07, 6.45) is 1.71. The maximum absolute atomic E-state index is 5.95. The highest BCUT2D eigenvalue weighted by Gasteiger charge is 2.00. The Hall–Kier alpha value is -0.970. The van der Waals surface area contributed by atoms with Crippen molar-refractivity contribution in [1.82, 2.24) is 10.7 Å². The molecule has 1 rings (SSSR count). The lowest BCUT2D eigenvalue weighted by atomic mass is 10.3. The largest absolute Gasteiger partial charge is 0.358 e. The third-order valence-electron chi connectivity index (χ3n) is 1.65. The predicted molar refractivity (Wildman–Crippen MR) is 74.0 cm³/mol. The van der Waals surface area contributed by atoms with Crippen LogP contribution in [0.15, 0.2) is 30.9 Å². The number of anilines is 1. The van der Waals surface area contributed by atoms with Crippen molar-refractivity contribution >= 4 is 46.2 Å². The van der Waals surface area contributed by atoms with E-state index in [0.29, 0.717) is 27.4 Å². The topological polar surface area (TPSA) is 36.1 Å². The van der Waals surface area contributed by atoms with Crippen molar-refractivity contribution < 1.29 is 0 Å². The van der Waals surface area contributed by atoms with Crippen molar-refractivity contribution in [1.29, 1.82) is 0 Å². The predicted octanol–water partition coefficient (Wildman–Crippen LogP) is 2.97. The van der Waals surface area contributed by atoms with Crippen molar-refractivity contribution in [2.24, 2.45) is 0 Å². The van der Waals surface area contributed by atoms with E-state index >= 15 is 0 Å². The van der Waals surface area contributed by atoms with E-state index in [0.717, 1.165) is 0 Å². The van der Waals surface area contributed by atoms with E-state index in [4.69, 9.17) is 35.4 Å². The Labute approximate surface area is 110 Å². The molecule has 0 aromatic heterocycles.